The molecule has 0 bridgehead atoms. The third kappa shape index (κ3) is 3.06. The van der Waals surface area contributed by atoms with Crippen LogP contribution in [0, 0.1) is 0 Å². The molecule has 1 aromatic rings. The summed E-state index contributed by atoms with van der Waals surface area (Å²) in [6.07, 6.45) is 1.01. The number of hydrogen-bond acceptors (Lipinski definition) is 4. The van der Waals surface area contributed by atoms with Gasteiger partial charge in [-0.25, -0.2) is 4.89 Å². The smallest absolute Gasteiger partial charge is 0.209 e. The van der Waals surface area contributed by atoms with Crippen LogP contribution in [-0.2, 0) is 19.7 Å². The Morgan fingerprint density at radius 3 is 2.75 bits per heavy atom. The first-order valence-electron chi connectivity index (χ1n) is 6.79. The third-order valence-electron chi connectivity index (χ3n) is 3.93. The monoisotopic (exact) mass is 296 g/mol. The lowest BCUT2D eigenvalue weighted by Gasteiger charge is -2.14. The van der Waals surface area contributed by atoms with E-state index in [4.69, 9.17) is 4.33 Å². The fraction of sp³-hybridized carbons (Fsp3) is 0.533. The van der Waals surface area contributed by atoms with Gasteiger partial charge >= 0.3 is 0 Å². The number of para-hydroxylation sites is 1. The Morgan fingerprint density at radius 1 is 1.25 bits per heavy atom. The first-order valence-corrected chi connectivity index (χ1v) is 7.70. The molecule has 0 amide bonds. The molecule has 5 heteroatoms. The van der Waals surface area contributed by atoms with E-state index in [-0.39, 0.29) is 5.41 Å². The van der Waals surface area contributed by atoms with Crippen LogP contribution in [0.15, 0.2) is 24.3 Å². The van der Waals surface area contributed by atoms with E-state index in [1.807, 2.05) is 0 Å². The zero-order valence-electron chi connectivity index (χ0n) is 12.5. The second-order valence-corrected chi connectivity index (χ2v) is 6.14. The van der Waals surface area contributed by atoms with E-state index in [2.05, 4.69) is 59.5 Å². The van der Waals surface area contributed by atoms with Crippen molar-refractivity contribution in [3.05, 3.63) is 29.8 Å². The first-order chi connectivity index (χ1) is 9.59. The van der Waals surface area contributed by atoms with Crippen molar-refractivity contribution in [3.8, 4) is 0 Å². The fourth-order valence-electron chi connectivity index (χ4n) is 2.60. The van der Waals surface area contributed by atoms with E-state index >= 15 is 0 Å². The molecule has 1 heterocycles. The van der Waals surface area contributed by atoms with E-state index in [1.165, 1.54) is 36.1 Å². The zero-order valence-corrected chi connectivity index (χ0v) is 13.3. The van der Waals surface area contributed by atoms with Gasteiger partial charge in [0.1, 0.15) is 6.54 Å². The summed E-state index contributed by atoms with van der Waals surface area (Å²) in [4.78, 5) is 4.36. The summed E-state index contributed by atoms with van der Waals surface area (Å²) in [6.45, 7) is 7.77. The van der Waals surface area contributed by atoms with Crippen molar-refractivity contribution < 1.29 is 18.8 Å². The Bertz CT molecular complexity index is 500. The average Bonchev–Trinajstić information content (AvgIpc) is 2.64. The van der Waals surface area contributed by atoms with E-state index in [1.54, 1.807) is 0 Å². The summed E-state index contributed by atoms with van der Waals surface area (Å²) in [7, 11) is 1.42. The topological polar surface area (TPSA) is 30.7 Å². The maximum Gasteiger partial charge on any atom is 0.209 e. The Balaban J connectivity index is 1.99. The summed E-state index contributed by atoms with van der Waals surface area (Å²) >= 11 is 1.26. The Labute approximate surface area is 124 Å². The highest BCUT2D eigenvalue weighted by Crippen LogP contribution is 2.39. The van der Waals surface area contributed by atoms with Gasteiger partial charge in [0.2, 0.25) is 5.69 Å². The van der Waals surface area contributed by atoms with Crippen LogP contribution in [0.1, 0.15) is 32.8 Å². The minimum atomic E-state index is 0.111. The molecule has 0 saturated carbocycles. The molecule has 1 aliphatic heterocycles. The number of hydrogen-bond donors (Lipinski definition) is 0. The molecular formula is C15H22NO3S+. The molecule has 0 aromatic heterocycles. The van der Waals surface area contributed by atoms with Gasteiger partial charge in [0.05, 0.1) is 12.5 Å². The first kappa shape index (κ1) is 15.5. The Morgan fingerprint density at radius 2 is 2.00 bits per heavy atom. The summed E-state index contributed by atoms with van der Waals surface area (Å²) in [6, 6.07) is 8.64. The van der Waals surface area contributed by atoms with E-state index in [0.717, 1.165) is 18.7 Å². The number of nitrogens with zero attached hydrogens (tertiary/aromatic N) is 1. The minimum Gasteiger partial charge on any atom is -0.209 e. The van der Waals surface area contributed by atoms with Gasteiger partial charge in [-0.3, -0.25) is 0 Å². The zero-order chi connectivity index (χ0) is 14.6. The normalized spacial score (nSPS) is 16.6. The van der Waals surface area contributed by atoms with Crippen LogP contribution < -0.4 is 0 Å². The van der Waals surface area contributed by atoms with Gasteiger partial charge < -0.3 is 0 Å². The highest BCUT2D eigenvalue weighted by atomic mass is 32.2. The average molecular weight is 296 g/mol. The molecule has 0 spiro atoms. The van der Waals surface area contributed by atoms with Gasteiger partial charge in [0.15, 0.2) is 5.71 Å². The van der Waals surface area contributed by atoms with Crippen molar-refractivity contribution in [2.24, 2.45) is 0 Å². The maximum atomic E-state index is 4.75. The van der Waals surface area contributed by atoms with Gasteiger partial charge in [-0.15, -0.1) is 4.33 Å². The van der Waals surface area contributed by atoms with Crippen molar-refractivity contribution >= 4 is 23.4 Å². The molecule has 0 atom stereocenters. The van der Waals surface area contributed by atoms with Gasteiger partial charge in [0.25, 0.3) is 0 Å². The highest BCUT2D eigenvalue weighted by Gasteiger charge is 2.42. The largest absolute Gasteiger partial charge is 0.209 e. The lowest BCUT2D eigenvalue weighted by molar-refractivity contribution is -0.448. The molecular weight excluding hydrogens is 274 g/mol. The van der Waals surface area contributed by atoms with Gasteiger partial charge in [-0.1, -0.05) is 23.2 Å². The summed E-state index contributed by atoms with van der Waals surface area (Å²) in [5.41, 5.74) is 4.25. The van der Waals surface area contributed by atoms with Crippen LogP contribution in [0.3, 0.4) is 0 Å². The Hall–Kier alpha value is -0.880. The van der Waals surface area contributed by atoms with Gasteiger partial charge in [-0.2, -0.15) is 4.58 Å². The van der Waals surface area contributed by atoms with Crippen LogP contribution in [0.2, 0.25) is 0 Å². The summed E-state index contributed by atoms with van der Waals surface area (Å²) in [5.74, 6) is 0.857. The molecule has 1 aromatic carbocycles. The maximum absolute atomic E-state index is 4.75. The molecule has 4 nitrogen and oxygen atoms in total. The van der Waals surface area contributed by atoms with Crippen molar-refractivity contribution in [2.45, 2.75) is 32.6 Å². The van der Waals surface area contributed by atoms with Crippen LogP contribution >= 0.6 is 12.0 Å². The van der Waals surface area contributed by atoms with Crippen LogP contribution in [-0.4, -0.2) is 29.7 Å². The highest BCUT2D eigenvalue weighted by molar-refractivity contribution is 7.94. The molecule has 1 aliphatic rings. The summed E-state index contributed by atoms with van der Waals surface area (Å²) < 4.78 is 7.16. The van der Waals surface area contributed by atoms with E-state index < -0.39 is 0 Å². The SMILES string of the molecule is COOOSCCC[N+]1=C(C)C(C)(C)c2ccccc21. The van der Waals surface area contributed by atoms with Crippen LogP contribution in [0.5, 0.6) is 0 Å². The van der Waals surface area contributed by atoms with Crippen molar-refractivity contribution in [1.82, 2.24) is 0 Å². The lowest BCUT2D eigenvalue weighted by atomic mass is 9.82. The lowest BCUT2D eigenvalue weighted by Crippen LogP contribution is -2.26. The van der Waals surface area contributed by atoms with Crippen molar-refractivity contribution in [1.29, 1.82) is 0 Å². The second kappa shape index (κ2) is 6.72. The molecule has 0 radical (unpaired) electrons. The third-order valence-corrected chi connectivity index (χ3v) is 4.54. The second-order valence-electron chi connectivity index (χ2n) is 5.36. The van der Waals surface area contributed by atoms with Crippen molar-refractivity contribution in [2.75, 3.05) is 19.4 Å². The molecule has 0 N–H and O–H groups in total. The Kier molecular flexibility index (Phi) is 5.21. The van der Waals surface area contributed by atoms with Crippen LogP contribution in [0.4, 0.5) is 5.69 Å². The van der Waals surface area contributed by atoms with Gasteiger partial charge in [-0.05, 0) is 13.8 Å². The summed E-state index contributed by atoms with van der Waals surface area (Å²) in [5, 5.41) is 4.36. The van der Waals surface area contributed by atoms with E-state index in [0.29, 0.717) is 0 Å². The number of fused-ring (bicyclic) bond motifs is 1. The molecule has 2 rings (SSSR count). The minimum absolute atomic E-state index is 0.111. The fourth-order valence-corrected chi connectivity index (χ4v) is 3.01. The molecule has 110 valence electrons. The molecule has 0 aliphatic carbocycles. The van der Waals surface area contributed by atoms with E-state index in [9.17, 15) is 0 Å². The quantitative estimate of drug-likeness (QED) is 0.253. The predicted octanol–water partition coefficient (Wildman–Crippen LogP) is 3.63. The number of benzene rings is 1. The molecule has 20 heavy (non-hydrogen) atoms. The molecule has 0 saturated heterocycles. The predicted molar refractivity (Wildman–Crippen MR) is 81.2 cm³/mol. The van der Waals surface area contributed by atoms with Gasteiger partial charge in [0, 0.05) is 42.8 Å². The van der Waals surface area contributed by atoms with Crippen LogP contribution in [0.25, 0.3) is 0 Å². The standard InChI is InChI=1S/C15H22NO3S/c1-12-15(2,3)13-8-5-6-9-14(13)16(12)10-7-11-20-19-18-17-4/h5-6,8-9H,7,10-11H2,1-4H3/q+1. The van der Waals surface area contributed by atoms with Crippen molar-refractivity contribution in [3.63, 3.8) is 0 Å². The molecule has 0 unspecified atom stereocenters. The molecule has 0 fully saturated rings. The number of rotatable bonds is 7.